The van der Waals surface area contributed by atoms with Gasteiger partial charge in [0.05, 0.1) is 22.4 Å². The van der Waals surface area contributed by atoms with Crippen LogP contribution in [0.2, 0.25) is 0 Å². The van der Waals surface area contributed by atoms with Crippen LogP contribution in [-0.4, -0.2) is 21.3 Å². The van der Waals surface area contributed by atoms with E-state index in [9.17, 15) is 0 Å². The van der Waals surface area contributed by atoms with Crippen molar-refractivity contribution in [2.45, 2.75) is 6.04 Å². The molecule has 2 aliphatic carbocycles. The van der Waals surface area contributed by atoms with E-state index in [-0.39, 0.29) is 6.04 Å². The zero-order chi connectivity index (χ0) is 37.5. The highest BCUT2D eigenvalue weighted by atomic mass is 15.2. The summed E-state index contributed by atoms with van der Waals surface area (Å²) in [5.41, 5.74) is 18.3. The van der Waals surface area contributed by atoms with Crippen LogP contribution in [0.5, 0.6) is 0 Å². The zero-order valence-electron chi connectivity index (χ0n) is 31.0. The lowest BCUT2D eigenvalue weighted by Crippen LogP contribution is -2.44. The zero-order valence-corrected chi connectivity index (χ0v) is 31.0. The number of anilines is 2. The van der Waals surface area contributed by atoms with E-state index in [0.29, 0.717) is 0 Å². The number of allylic oxidation sites excluding steroid dienone is 2. The SMILES string of the molecule is C1=CC2=[N+](c3ccccc3)c3cc4c(cc3N(c3ccccc3)C2C=C1)-c1ncccc1-c1cccc(-n2c3ccccc3c3ccccc32)c1-c1ccccc1-4. The van der Waals surface area contributed by atoms with E-state index < -0.39 is 0 Å². The summed E-state index contributed by atoms with van der Waals surface area (Å²) in [7, 11) is 0. The highest BCUT2D eigenvalue weighted by molar-refractivity contribution is 6.15. The van der Waals surface area contributed by atoms with E-state index in [2.05, 4.69) is 214 Å². The molecule has 12 rings (SSSR count). The van der Waals surface area contributed by atoms with Crippen molar-refractivity contribution < 1.29 is 0 Å². The molecule has 7 aromatic carbocycles. The highest BCUT2D eigenvalue weighted by Gasteiger charge is 2.41. The van der Waals surface area contributed by atoms with Crippen LogP contribution in [0.1, 0.15) is 0 Å². The van der Waals surface area contributed by atoms with Crippen LogP contribution >= 0.6 is 0 Å². The molecule has 0 N–H and O–H groups in total. The Labute approximate surface area is 330 Å². The number of hydrogen-bond acceptors (Lipinski definition) is 2. The molecule has 0 amide bonds. The Hall–Kier alpha value is -7.56. The maximum atomic E-state index is 5.26. The summed E-state index contributed by atoms with van der Waals surface area (Å²) in [5.74, 6) is 0. The molecule has 3 heterocycles. The fourth-order valence-electron chi connectivity index (χ4n) is 9.55. The predicted octanol–water partition coefficient (Wildman–Crippen LogP) is 13.1. The number of nitrogens with zero attached hydrogens (tertiary/aromatic N) is 4. The van der Waals surface area contributed by atoms with Crippen molar-refractivity contribution in [2.75, 3.05) is 4.90 Å². The molecule has 0 bridgehead atoms. The van der Waals surface area contributed by atoms with Crippen molar-refractivity contribution in [1.29, 1.82) is 0 Å². The van der Waals surface area contributed by atoms with Gasteiger partial charge in [-0.15, -0.1) is 0 Å². The van der Waals surface area contributed by atoms with E-state index in [1.807, 2.05) is 6.20 Å². The molecule has 0 spiro atoms. The number of pyridine rings is 1. The second-order valence-corrected chi connectivity index (χ2v) is 14.9. The summed E-state index contributed by atoms with van der Waals surface area (Å²) in [4.78, 5) is 7.75. The van der Waals surface area contributed by atoms with Crippen LogP contribution < -0.4 is 9.48 Å². The van der Waals surface area contributed by atoms with Crippen molar-refractivity contribution in [1.82, 2.24) is 14.1 Å². The number of benzene rings is 7. The Kier molecular flexibility index (Phi) is 6.96. The lowest BCUT2D eigenvalue weighted by Gasteiger charge is -2.36. The first-order valence-electron chi connectivity index (χ1n) is 19.6. The second-order valence-electron chi connectivity index (χ2n) is 14.9. The van der Waals surface area contributed by atoms with E-state index >= 15 is 0 Å². The average Bonchev–Trinajstić information content (AvgIpc) is 3.62. The first-order valence-corrected chi connectivity index (χ1v) is 19.6. The van der Waals surface area contributed by atoms with Gasteiger partial charge >= 0.3 is 0 Å². The fourth-order valence-corrected chi connectivity index (χ4v) is 9.55. The van der Waals surface area contributed by atoms with Gasteiger partial charge in [-0.3, -0.25) is 4.98 Å². The minimum Gasteiger partial charge on any atom is -0.319 e. The molecule has 1 unspecified atom stereocenters. The van der Waals surface area contributed by atoms with Gasteiger partial charge in [-0.05, 0) is 64.7 Å². The van der Waals surface area contributed by atoms with Crippen LogP contribution in [0.3, 0.4) is 0 Å². The molecule has 4 heteroatoms. The van der Waals surface area contributed by atoms with Gasteiger partial charge < -0.3 is 9.47 Å². The maximum Gasteiger partial charge on any atom is 0.236 e. The molecule has 3 aliphatic rings. The summed E-state index contributed by atoms with van der Waals surface area (Å²) in [5, 5.41) is 2.49. The van der Waals surface area contributed by atoms with Crippen molar-refractivity contribution in [3.05, 3.63) is 206 Å². The maximum absolute atomic E-state index is 5.26. The van der Waals surface area contributed by atoms with Gasteiger partial charge in [0.2, 0.25) is 17.1 Å². The highest BCUT2D eigenvalue weighted by Crippen LogP contribution is 2.53. The van der Waals surface area contributed by atoms with Gasteiger partial charge in [0.15, 0.2) is 0 Å². The number of para-hydroxylation sites is 4. The summed E-state index contributed by atoms with van der Waals surface area (Å²) in [6.45, 7) is 0. The van der Waals surface area contributed by atoms with E-state index in [1.165, 1.54) is 44.2 Å². The molecule has 0 radical (unpaired) electrons. The topological polar surface area (TPSA) is 24.1 Å². The van der Waals surface area contributed by atoms with Crippen LogP contribution in [0.4, 0.5) is 22.7 Å². The van der Waals surface area contributed by atoms with Gasteiger partial charge in [0.25, 0.3) is 0 Å². The normalized spacial score (nSPS) is 14.9. The Bertz CT molecular complexity index is 3130. The minimum atomic E-state index is -0.0123. The van der Waals surface area contributed by atoms with Crippen molar-refractivity contribution in [3.63, 3.8) is 0 Å². The molecule has 1 atom stereocenters. The molecule has 9 aromatic rings. The molecule has 1 aliphatic heterocycles. The predicted molar refractivity (Wildman–Crippen MR) is 237 cm³/mol. The number of fused-ring (bicyclic) bond motifs is 13. The minimum absolute atomic E-state index is 0.0123. The summed E-state index contributed by atoms with van der Waals surface area (Å²) < 4.78 is 4.91. The Morgan fingerprint density at radius 3 is 1.95 bits per heavy atom. The van der Waals surface area contributed by atoms with Crippen LogP contribution in [-0.2, 0) is 0 Å². The third-order valence-corrected chi connectivity index (χ3v) is 11.9. The molecule has 57 heavy (non-hydrogen) atoms. The molecule has 0 saturated carbocycles. The summed E-state index contributed by atoms with van der Waals surface area (Å²) in [6, 6.07) is 64.0. The van der Waals surface area contributed by atoms with Crippen LogP contribution in [0.25, 0.3) is 72.1 Å². The van der Waals surface area contributed by atoms with E-state index in [0.717, 1.165) is 56.4 Å². The molecule has 4 nitrogen and oxygen atoms in total. The fraction of sp³-hybridized carbons (Fsp3) is 0.0189. The quantitative estimate of drug-likeness (QED) is 0.169. The molecule has 0 fully saturated rings. The van der Waals surface area contributed by atoms with Gasteiger partial charge in [0, 0.05) is 63.6 Å². The molecule has 0 saturated heterocycles. The van der Waals surface area contributed by atoms with Crippen molar-refractivity contribution in [2.24, 2.45) is 0 Å². The first-order chi connectivity index (χ1) is 28.3. The van der Waals surface area contributed by atoms with E-state index in [1.54, 1.807) is 0 Å². The van der Waals surface area contributed by atoms with Gasteiger partial charge in [0.1, 0.15) is 11.7 Å². The Morgan fingerprint density at radius 2 is 1.16 bits per heavy atom. The third kappa shape index (κ3) is 4.68. The summed E-state index contributed by atoms with van der Waals surface area (Å²) in [6.07, 6.45) is 10.9. The van der Waals surface area contributed by atoms with Crippen LogP contribution in [0.15, 0.2) is 206 Å². The number of rotatable bonds is 3. The Balaban J connectivity index is 1.21. The monoisotopic (exact) mass is 727 g/mol. The molecular weight excluding hydrogens is 693 g/mol. The smallest absolute Gasteiger partial charge is 0.236 e. The Morgan fingerprint density at radius 1 is 0.491 bits per heavy atom. The first kappa shape index (κ1) is 31.8. The standard InChI is InChI=1S/C53H35N4/c1-3-17-35(18-4-1)55-47-29-13-14-30-48(47)56(36-19-5-2-6-20-36)51-34-44-43(33-50(51)55)37-21-7-8-24-40(37)52-41(42-26-16-32-54-53(42)44)25-15-31-49(52)57-45-27-11-9-22-38(45)39-23-10-12-28-46(39)57/h1-34,48H/q+1. The largest absolute Gasteiger partial charge is 0.319 e. The molecule has 2 aromatic heterocycles. The lowest BCUT2D eigenvalue weighted by molar-refractivity contribution is 0.897. The molecule has 266 valence electrons. The average molecular weight is 728 g/mol. The van der Waals surface area contributed by atoms with Crippen molar-refractivity contribution >= 4 is 50.3 Å². The van der Waals surface area contributed by atoms with Gasteiger partial charge in [-0.25, -0.2) is 0 Å². The third-order valence-electron chi connectivity index (χ3n) is 11.9. The van der Waals surface area contributed by atoms with Crippen LogP contribution in [0, 0.1) is 0 Å². The number of aromatic nitrogens is 2. The summed E-state index contributed by atoms with van der Waals surface area (Å²) >= 11 is 0. The van der Waals surface area contributed by atoms with Crippen molar-refractivity contribution in [3.8, 4) is 50.3 Å². The van der Waals surface area contributed by atoms with Gasteiger partial charge in [-0.2, -0.15) is 4.58 Å². The van der Waals surface area contributed by atoms with E-state index in [4.69, 9.17) is 4.98 Å². The van der Waals surface area contributed by atoms with Gasteiger partial charge in [-0.1, -0.05) is 133 Å². The second kappa shape index (κ2) is 12.5. The molecular formula is C53H35N4+. The number of hydrogen-bond donors (Lipinski definition) is 0. The lowest BCUT2D eigenvalue weighted by atomic mass is 9.81.